The Kier molecular flexibility index (Phi) is 4.90. The summed E-state index contributed by atoms with van der Waals surface area (Å²) in [5.41, 5.74) is 1.54. The monoisotopic (exact) mass is 359 g/mol. The number of aromatic nitrogens is 1. The van der Waals surface area contributed by atoms with E-state index in [9.17, 15) is 13.6 Å². The number of carbonyl (C=O) groups excluding carboxylic acids is 1. The molecule has 3 rings (SSSR count). The number of nitrogens with one attached hydrogen (secondary N) is 2. The molecule has 1 aromatic heterocycles. The van der Waals surface area contributed by atoms with Crippen LogP contribution in [0.2, 0.25) is 5.02 Å². The van der Waals surface area contributed by atoms with Crippen molar-refractivity contribution < 1.29 is 13.6 Å². The number of halogens is 3. The summed E-state index contributed by atoms with van der Waals surface area (Å²) >= 11 is 6.09. The van der Waals surface area contributed by atoms with E-state index in [1.54, 1.807) is 24.3 Å². The number of pyridine rings is 1. The molecule has 3 aromatic rings. The lowest BCUT2D eigenvalue weighted by atomic mass is 10.2. The summed E-state index contributed by atoms with van der Waals surface area (Å²) in [7, 11) is 0. The molecule has 0 unspecified atom stereocenters. The second kappa shape index (κ2) is 7.27. The summed E-state index contributed by atoms with van der Waals surface area (Å²) in [6.07, 6.45) is 1.46. The van der Waals surface area contributed by atoms with Crippen LogP contribution in [0.15, 0.2) is 60.8 Å². The number of benzene rings is 2. The molecule has 2 N–H and O–H groups in total. The van der Waals surface area contributed by atoms with Gasteiger partial charge in [-0.1, -0.05) is 23.7 Å². The largest absolute Gasteiger partial charge is 0.354 e. The number of carbonyl (C=O) groups is 1. The molecule has 0 spiro atoms. The van der Waals surface area contributed by atoms with E-state index in [2.05, 4.69) is 15.6 Å². The highest BCUT2D eigenvalue weighted by atomic mass is 35.5. The van der Waals surface area contributed by atoms with Crippen LogP contribution in [-0.2, 0) is 0 Å². The lowest BCUT2D eigenvalue weighted by Gasteiger charge is -2.10. The second-order valence-electron chi connectivity index (χ2n) is 5.12. The minimum Gasteiger partial charge on any atom is -0.354 e. The van der Waals surface area contributed by atoms with Gasteiger partial charge in [0, 0.05) is 23.6 Å². The molecule has 126 valence electrons. The molecule has 0 atom stereocenters. The smallest absolute Gasteiger partial charge is 0.274 e. The molecule has 2 aromatic carbocycles. The van der Waals surface area contributed by atoms with Gasteiger partial charge < -0.3 is 10.6 Å². The van der Waals surface area contributed by atoms with Crippen LogP contribution in [0.5, 0.6) is 0 Å². The molecule has 0 aliphatic carbocycles. The van der Waals surface area contributed by atoms with Gasteiger partial charge in [-0.3, -0.25) is 9.78 Å². The Hall–Kier alpha value is -2.99. The Balaban J connectivity index is 1.77. The highest BCUT2D eigenvalue weighted by Gasteiger charge is 2.11. The first-order valence-electron chi connectivity index (χ1n) is 7.27. The van der Waals surface area contributed by atoms with E-state index in [-0.39, 0.29) is 11.4 Å². The van der Waals surface area contributed by atoms with Gasteiger partial charge in [-0.15, -0.1) is 0 Å². The maximum atomic E-state index is 13.2. The summed E-state index contributed by atoms with van der Waals surface area (Å²) in [6.45, 7) is 0. The first-order valence-corrected chi connectivity index (χ1v) is 7.65. The number of rotatable bonds is 4. The van der Waals surface area contributed by atoms with Gasteiger partial charge in [0.25, 0.3) is 5.91 Å². The predicted molar refractivity (Wildman–Crippen MR) is 93.3 cm³/mol. The van der Waals surface area contributed by atoms with Crippen LogP contribution in [0, 0.1) is 11.6 Å². The van der Waals surface area contributed by atoms with E-state index in [0.29, 0.717) is 16.4 Å². The summed E-state index contributed by atoms with van der Waals surface area (Å²) in [6, 6.07) is 13.5. The van der Waals surface area contributed by atoms with Gasteiger partial charge in [-0.25, -0.2) is 8.78 Å². The molecular formula is C18H12ClF2N3O. The van der Waals surface area contributed by atoms with Gasteiger partial charge in [-0.2, -0.15) is 0 Å². The van der Waals surface area contributed by atoms with Crippen molar-refractivity contribution in [1.82, 2.24) is 4.98 Å². The minimum atomic E-state index is -1.04. The quantitative estimate of drug-likeness (QED) is 0.688. The highest BCUT2D eigenvalue weighted by Crippen LogP contribution is 2.25. The van der Waals surface area contributed by atoms with E-state index in [4.69, 9.17) is 11.6 Å². The van der Waals surface area contributed by atoms with Crippen molar-refractivity contribution in [3.8, 4) is 0 Å². The van der Waals surface area contributed by atoms with Crippen LogP contribution in [0.25, 0.3) is 0 Å². The van der Waals surface area contributed by atoms with Crippen LogP contribution in [0.3, 0.4) is 0 Å². The normalized spacial score (nSPS) is 10.4. The fourth-order valence-corrected chi connectivity index (χ4v) is 2.30. The van der Waals surface area contributed by atoms with E-state index in [1.165, 1.54) is 18.3 Å². The van der Waals surface area contributed by atoms with Crippen molar-refractivity contribution in [2.75, 3.05) is 10.6 Å². The third-order valence-corrected chi connectivity index (χ3v) is 3.65. The van der Waals surface area contributed by atoms with Crippen molar-refractivity contribution in [3.05, 3.63) is 83.1 Å². The zero-order valence-electron chi connectivity index (χ0n) is 12.8. The molecular weight excluding hydrogens is 348 g/mol. The Labute approximate surface area is 147 Å². The molecule has 25 heavy (non-hydrogen) atoms. The standard InChI is InChI=1S/C18H12ClF2N3O/c19-13-3-1-2-4-16(13)23-12-7-8-22-17(10-12)18(25)24-11-5-6-14(20)15(21)9-11/h1-10H,(H,22,23)(H,24,25). The molecule has 0 saturated heterocycles. The first kappa shape index (κ1) is 16.9. The van der Waals surface area contributed by atoms with Gasteiger partial charge in [0.2, 0.25) is 0 Å². The second-order valence-corrected chi connectivity index (χ2v) is 5.52. The van der Waals surface area contributed by atoms with Crippen molar-refractivity contribution >= 4 is 34.6 Å². The molecule has 0 radical (unpaired) electrons. The van der Waals surface area contributed by atoms with E-state index >= 15 is 0 Å². The zero-order valence-corrected chi connectivity index (χ0v) is 13.5. The summed E-state index contributed by atoms with van der Waals surface area (Å²) in [4.78, 5) is 16.2. The molecule has 0 bridgehead atoms. The maximum absolute atomic E-state index is 13.2. The highest BCUT2D eigenvalue weighted by molar-refractivity contribution is 6.33. The number of anilines is 3. The average Bonchev–Trinajstić information content (AvgIpc) is 2.60. The van der Waals surface area contributed by atoms with E-state index < -0.39 is 17.5 Å². The molecule has 1 amide bonds. The number of hydrogen-bond donors (Lipinski definition) is 2. The predicted octanol–water partition coefficient (Wildman–Crippen LogP) is 5.01. The van der Waals surface area contributed by atoms with Crippen LogP contribution in [-0.4, -0.2) is 10.9 Å². The minimum absolute atomic E-state index is 0.113. The van der Waals surface area contributed by atoms with Gasteiger partial charge in [0.1, 0.15) is 5.69 Å². The Morgan fingerprint density at radius 2 is 1.76 bits per heavy atom. The number of hydrogen-bond acceptors (Lipinski definition) is 3. The van der Waals surface area contributed by atoms with Gasteiger partial charge in [-0.05, 0) is 36.4 Å². The molecule has 0 aliphatic rings. The van der Waals surface area contributed by atoms with Crippen molar-refractivity contribution in [2.45, 2.75) is 0 Å². The Bertz CT molecular complexity index is 934. The van der Waals surface area contributed by atoms with Gasteiger partial charge >= 0.3 is 0 Å². The molecule has 0 aliphatic heterocycles. The molecule has 1 heterocycles. The third kappa shape index (κ3) is 4.10. The van der Waals surface area contributed by atoms with Crippen molar-refractivity contribution in [3.63, 3.8) is 0 Å². The van der Waals surface area contributed by atoms with Crippen molar-refractivity contribution in [2.24, 2.45) is 0 Å². The zero-order chi connectivity index (χ0) is 17.8. The fourth-order valence-electron chi connectivity index (χ4n) is 2.12. The topological polar surface area (TPSA) is 54.0 Å². The van der Waals surface area contributed by atoms with Crippen molar-refractivity contribution in [1.29, 1.82) is 0 Å². The lowest BCUT2D eigenvalue weighted by Crippen LogP contribution is -2.14. The maximum Gasteiger partial charge on any atom is 0.274 e. The molecule has 4 nitrogen and oxygen atoms in total. The number of para-hydroxylation sites is 1. The van der Waals surface area contributed by atoms with Crippen LogP contribution >= 0.6 is 11.6 Å². The fraction of sp³-hybridized carbons (Fsp3) is 0. The Morgan fingerprint density at radius 1 is 0.960 bits per heavy atom. The third-order valence-electron chi connectivity index (χ3n) is 3.32. The molecule has 0 saturated carbocycles. The average molecular weight is 360 g/mol. The summed E-state index contributed by atoms with van der Waals surface area (Å²) in [5, 5.41) is 6.09. The summed E-state index contributed by atoms with van der Waals surface area (Å²) in [5.74, 6) is -2.57. The Morgan fingerprint density at radius 3 is 2.52 bits per heavy atom. The first-order chi connectivity index (χ1) is 12.0. The van der Waals surface area contributed by atoms with Gasteiger partial charge in [0.05, 0.1) is 10.7 Å². The SMILES string of the molecule is O=C(Nc1ccc(F)c(F)c1)c1cc(Nc2ccccc2Cl)ccn1. The van der Waals surface area contributed by atoms with E-state index in [1.807, 2.05) is 6.07 Å². The summed E-state index contributed by atoms with van der Waals surface area (Å²) < 4.78 is 26.1. The lowest BCUT2D eigenvalue weighted by molar-refractivity contribution is 0.102. The van der Waals surface area contributed by atoms with Crippen LogP contribution in [0.4, 0.5) is 25.8 Å². The van der Waals surface area contributed by atoms with Gasteiger partial charge in [0.15, 0.2) is 11.6 Å². The number of nitrogens with zero attached hydrogens (tertiary/aromatic N) is 1. The van der Waals surface area contributed by atoms with Crippen LogP contribution < -0.4 is 10.6 Å². The van der Waals surface area contributed by atoms with E-state index in [0.717, 1.165) is 12.1 Å². The van der Waals surface area contributed by atoms with Crippen LogP contribution in [0.1, 0.15) is 10.5 Å². The molecule has 7 heteroatoms. The number of amides is 1. The molecule has 0 fully saturated rings.